The number of rotatable bonds is 8. The Morgan fingerprint density at radius 1 is 1.29 bits per heavy atom. The summed E-state index contributed by atoms with van der Waals surface area (Å²) in [5.41, 5.74) is 1.18. The number of carbonyl (C=O) groups excluding carboxylic acids is 1. The first-order valence-corrected chi connectivity index (χ1v) is 9.39. The summed E-state index contributed by atoms with van der Waals surface area (Å²) < 4.78 is 5.66. The standard InChI is InChI=1S/C19H29ClN2O2/c1-3-22(4-2)18(15-8-10-16(20)11-9-15)14-21-19(23)13-17-7-5-6-12-24-17/h8-11,17-18H,3-7,12-14H2,1-2H3,(H,21,23). The van der Waals surface area contributed by atoms with Gasteiger partial charge < -0.3 is 10.1 Å². The maximum atomic E-state index is 12.3. The van der Waals surface area contributed by atoms with Crippen molar-refractivity contribution in [3.8, 4) is 0 Å². The summed E-state index contributed by atoms with van der Waals surface area (Å²) in [6.07, 6.45) is 3.81. The monoisotopic (exact) mass is 352 g/mol. The van der Waals surface area contributed by atoms with E-state index in [0.29, 0.717) is 13.0 Å². The Labute approximate surface area is 150 Å². The van der Waals surface area contributed by atoms with E-state index in [2.05, 4.69) is 24.1 Å². The zero-order chi connectivity index (χ0) is 17.4. The van der Waals surface area contributed by atoms with E-state index >= 15 is 0 Å². The molecule has 4 nitrogen and oxygen atoms in total. The number of benzene rings is 1. The minimum Gasteiger partial charge on any atom is -0.378 e. The number of carbonyl (C=O) groups is 1. The van der Waals surface area contributed by atoms with Crippen LogP contribution in [0.2, 0.25) is 5.02 Å². The first-order valence-electron chi connectivity index (χ1n) is 9.01. The van der Waals surface area contributed by atoms with E-state index in [1.165, 1.54) is 5.56 Å². The van der Waals surface area contributed by atoms with Gasteiger partial charge in [0.1, 0.15) is 0 Å². The molecule has 1 N–H and O–H groups in total. The average molecular weight is 353 g/mol. The fourth-order valence-electron chi connectivity index (χ4n) is 3.26. The molecular formula is C19H29ClN2O2. The maximum Gasteiger partial charge on any atom is 0.222 e. The van der Waals surface area contributed by atoms with E-state index in [4.69, 9.17) is 16.3 Å². The molecule has 2 rings (SSSR count). The van der Waals surface area contributed by atoms with Gasteiger partial charge in [-0.25, -0.2) is 0 Å². The number of nitrogens with zero attached hydrogens (tertiary/aromatic N) is 1. The zero-order valence-corrected chi connectivity index (χ0v) is 15.5. The van der Waals surface area contributed by atoms with Crippen LogP contribution < -0.4 is 5.32 Å². The van der Waals surface area contributed by atoms with Crippen molar-refractivity contribution >= 4 is 17.5 Å². The number of likely N-dealkylation sites (N-methyl/N-ethyl adjacent to an activating group) is 1. The topological polar surface area (TPSA) is 41.6 Å². The molecule has 1 amide bonds. The molecule has 2 unspecified atom stereocenters. The first kappa shape index (κ1) is 19.2. The second kappa shape index (κ2) is 10.0. The Morgan fingerprint density at radius 2 is 2.00 bits per heavy atom. The van der Waals surface area contributed by atoms with Gasteiger partial charge in [0, 0.05) is 18.2 Å². The Balaban J connectivity index is 1.94. The van der Waals surface area contributed by atoms with Crippen LogP contribution in [0, 0.1) is 0 Å². The number of nitrogens with one attached hydrogen (secondary N) is 1. The van der Waals surface area contributed by atoms with Crippen LogP contribution in [-0.4, -0.2) is 43.2 Å². The van der Waals surface area contributed by atoms with E-state index in [1.54, 1.807) is 0 Å². The number of halogens is 1. The summed E-state index contributed by atoms with van der Waals surface area (Å²) in [7, 11) is 0. The maximum absolute atomic E-state index is 12.3. The van der Waals surface area contributed by atoms with Crippen LogP contribution in [0.5, 0.6) is 0 Å². The van der Waals surface area contributed by atoms with Gasteiger partial charge in [-0.1, -0.05) is 37.6 Å². The quantitative estimate of drug-likeness (QED) is 0.773. The highest BCUT2D eigenvalue weighted by molar-refractivity contribution is 6.30. The Kier molecular flexibility index (Phi) is 8.03. The third-order valence-corrected chi connectivity index (χ3v) is 4.94. The molecular weight excluding hydrogens is 324 g/mol. The highest BCUT2D eigenvalue weighted by Crippen LogP contribution is 2.22. The molecule has 1 saturated heterocycles. The molecule has 0 spiro atoms. The molecule has 1 aliphatic heterocycles. The van der Waals surface area contributed by atoms with E-state index in [-0.39, 0.29) is 18.1 Å². The Morgan fingerprint density at radius 3 is 2.58 bits per heavy atom. The molecule has 0 radical (unpaired) electrons. The van der Waals surface area contributed by atoms with Crippen LogP contribution in [-0.2, 0) is 9.53 Å². The molecule has 1 aromatic carbocycles. The SMILES string of the molecule is CCN(CC)C(CNC(=O)CC1CCCCO1)c1ccc(Cl)cc1. The van der Waals surface area contributed by atoms with Crippen molar-refractivity contribution < 1.29 is 9.53 Å². The van der Waals surface area contributed by atoms with Crippen molar-refractivity contribution in [3.63, 3.8) is 0 Å². The van der Waals surface area contributed by atoms with Crippen molar-refractivity contribution in [1.29, 1.82) is 0 Å². The van der Waals surface area contributed by atoms with E-state index in [0.717, 1.165) is 44.0 Å². The molecule has 0 aliphatic carbocycles. The predicted molar refractivity (Wildman–Crippen MR) is 98.3 cm³/mol. The van der Waals surface area contributed by atoms with Gasteiger partial charge in [0.25, 0.3) is 0 Å². The van der Waals surface area contributed by atoms with Crippen molar-refractivity contribution in [2.45, 2.75) is 51.7 Å². The molecule has 134 valence electrons. The Bertz CT molecular complexity index is 497. The fourth-order valence-corrected chi connectivity index (χ4v) is 3.39. The van der Waals surface area contributed by atoms with Gasteiger partial charge in [0.15, 0.2) is 0 Å². The van der Waals surface area contributed by atoms with Crippen LogP contribution in [0.25, 0.3) is 0 Å². The van der Waals surface area contributed by atoms with Crippen LogP contribution in [0.4, 0.5) is 0 Å². The van der Waals surface area contributed by atoms with E-state index in [1.807, 2.05) is 24.3 Å². The molecule has 0 aromatic heterocycles. The summed E-state index contributed by atoms with van der Waals surface area (Å²) in [5.74, 6) is 0.0769. The van der Waals surface area contributed by atoms with Gasteiger partial charge in [0.05, 0.1) is 18.6 Å². The summed E-state index contributed by atoms with van der Waals surface area (Å²) in [6, 6.07) is 8.06. The lowest BCUT2D eigenvalue weighted by atomic mass is 10.0. The molecule has 1 fully saturated rings. The summed E-state index contributed by atoms with van der Waals surface area (Å²) in [5, 5.41) is 3.83. The lowest BCUT2D eigenvalue weighted by Gasteiger charge is -2.30. The van der Waals surface area contributed by atoms with Gasteiger partial charge in [-0.2, -0.15) is 0 Å². The molecule has 1 aliphatic rings. The number of ether oxygens (including phenoxy) is 1. The van der Waals surface area contributed by atoms with Crippen molar-refractivity contribution in [2.75, 3.05) is 26.2 Å². The second-order valence-corrected chi connectivity index (χ2v) is 6.72. The lowest BCUT2D eigenvalue weighted by Crippen LogP contribution is -2.39. The third kappa shape index (κ3) is 5.76. The van der Waals surface area contributed by atoms with Gasteiger partial charge in [-0.05, 0) is 50.0 Å². The van der Waals surface area contributed by atoms with Gasteiger partial charge >= 0.3 is 0 Å². The minimum absolute atomic E-state index is 0.0769. The summed E-state index contributed by atoms with van der Waals surface area (Å²) >= 11 is 6.00. The highest BCUT2D eigenvalue weighted by atomic mass is 35.5. The van der Waals surface area contributed by atoms with E-state index < -0.39 is 0 Å². The highest BCUT2D eigenvalue weighted by Gasteiger charge is 2.21. The molecule has 5 heteroatoms. The average Bonchev–Trinajstić information content (AvgIpc) is 2.60. The summed E-state index contributed by atoms with van der Waals surface area (Å²) in [6.45, 7) is 7.55. The predicted octanol–water partition coefficient (Wildman–Crippen LogP) is 3.80. The largest absolute Gasteiger partial charge is 0.378 e. The van der Waals surface area contributed by atoms with Crippen LogP contribution in [0.15, 0.2) is 24.3 Å². The van der Waals surface area contributed by atoms with E-state index in [9.17, 15) is 4.79 Å². The normalized spacial score (nSPS) is 19.2. The van der Waals surface area contributed by atoms with Crippen molar-refractivity contribution in [3.05, 3.63) is 34.9 Å². The number of amides is 1. The second-order valence-electron chi connectivity index (χ2n) is 6.29. The number of hydrogen-bond acceptors (Lipinski definition) is 3. The molecule has 2 atom stereocenters. The zero-order valence-electron chi connectivity index (χ0n) is 14.8. The number of hydrogen-bond donors (Lipinski definition) is 1. The first-order chi connectivity index (χ1) is 11.6. The smallest absolute Gasteiger partial charge is 0.222 e. The minimum atomic E-state index is 0.0769. The van der Waals surface area contributed by atoms with Crippen LogP contribution >= 0.6 is 11.6 Å². The van der Waals surface area contributed by atoms with Crippen molar-refractivity contribution in [1.82, 2.24) is 10.2 Å². The molecule has 0 saturated carbocycles. The molecule has 1 heterocycles. The molecule has 1 aromatic rings. The van der Waals surface area contributed by atoms with Crippen LogP contribution in [0.1, 0.15) is 51.1 Å². The Hall–Kier alpha value is -1.10. The fraction of sp³-hybridized carbons (Fsp3) is 0.632. The summed E-state index contributed by atoms with van der Waals surface area (Å²) in [4.78, 5) is 14.6. The van der Waals surface area contributed by atoms with Crippen molar-refractivity contribution in [2.24, 2.45) is 0 Å². The molecule has 0 bridgehead atoms. The van der Waals surface area contributed by atoms with Crippen LogP contribution in [0.3, 0.4) is 0 Å². The van der Waals surface area contributed by atoms with Gasteiger partial charge in [0.2, 0.25) is 5.91 Å². The molecule has 24 heavy (non-hydrogen) atoms. The third-order valence-electron chi connectivity index (χ3n) is 4.69. The van der Waals surface area contributed by atoms with Gasteiger partial charge in [-0.3, -0.25) is 9.69 Å². The lowest BCUT2D eigenvalue weighted by molar-refractivity contribution is -0.125. The van der Waals surface area contributed by atoms with Gasteiger partial charge in [-0.15, -0.1) is 0 Å².